The normalized spacial score (nSPS) is 22.8. The number of carboxylic acids is 1. The maximum atomic E-state index is 13.1. The first-order valence-corrected chi connectivity index (χ1v) is 10.8. The van der Waals surface area contributed by atoms with Crippen LogP contribution in [0.4, 0.5) is 4.79 Å². The largest absolute Gasteiger partial charge is 0.479 e. The molecular formula is C24H24N2O7. The number of rotatable bonds is 5. The molecule has 2 saturated heterocycles. The summed E-state index contributed by atoms with van der Waals surface area (Å²) in [5, 5.41) is 21.7. The maximum Gasteiger partial charge on any atom is 0.408 e. The molecule has 2 fully saturated rings. The average Bonchev–Trinajstić information content (AvgIpc) is 3.38. The number of aliphatic carboxylic acids is 1. The van der Waals surface area contributed by atoms with Gasteiger partial charge in [0.1, 0.15) is 12.1 Å². The number of benzene rings is 2. The molecule has 0 spiro atoms. The molecule has 9 heteroatoms. The number of aliphatic hydroxyl groups is 1. The zero-order valence-corrected chi connectivity index (χ0v) is 17.8. The lowest BCUT2D eigenvalue weighted by Crippen LogP contribution is -2.72. The van der Waals surface area contributed by atoms with Gasteiger partial charge >= 0.3 is 12.1 Å². The van der Waals surface area contributed by atoms with Gasteiger partial charge in [-0.15, -0.1) is 0 Å². The molecule has 172 valence electrons. The van der Waals surface area contributed by atoms with Crippen molar-refractivity contribution in [3.63, 3.8) is 0 Å². The molecule has 2 aromatic rings. The first-order valence-electron chi connectivity index (χ1n) is 10.8. The van der Waals surface area contributed by atoms with Gasteiger partial charge in [0.15, 0.2) is 5.60 Å². The number of hydrogen-bond acceptors (Lipinski definition) is 6. The van der Waals surface area contributed by atoms with Gasteiger partial charge in [0.05, 0.1) is 19.7 Å². The number of carbonyl (C=O) groups is 3. The Hall–Kier alpha value is -3.43. The van der Waals surface area contributed by atoms with E-state index in [2.05, 4.69) is 5.32 Å². The van der Waals surface area contributed by atoms with Gasteiger partial charge in [-0.2, -0.15) is 0 Å². The van der Waals surface area contributed by atoms with Crippen molar-refractivity contribution in [3.8, 4) is 11.1 Å². The van der Waals surface area contributed by atoms with Crippen molar-refractivity contribution in [1.82, 2.24) is 10.2 Å². The highest BCUT2D eigenvalue weighted by Gasteiger charge is 2.56. The van der Waals surface area contributed by atoms with Crippen molar-refractivity contribution < 1.29 is 34.1 Å². The molecule has 2 aromatic carbocycles. The van der Waals surface area contributed by atoms with Gasteiger partial charge in [0, 0.05) is 18.9 Å². The van der Waals surface area contributed by atoms with Crippen LogP contribution in [-0.2, 0) is 19.1 Å². The fourth-order valence-corrected chi connectivity index (χ4v) is 4.88. The molecule has 0 saturated carbocycles. The third kappa shape index (κ3) is 3.53. The van der Waals surface area contributed by atoms with Crippen LogP contribution in [0.15, 0.2) is 48.5 Å². The molecule has 3 N–H and O–H groups in total. The van der Waals surface area contributed by atoms with E-state index in [0.29, 0.717) is 0 Å². The van der Waals surface area contributed by atoms with Gasteiger partial charge in [-0.1, -0.05) is 48.5 Å². The number of hydrogen-bond donors (Lipinski definition) is 3. The molecule has 2 amide bonds. The number of nitrogens with zero attached hydrogens (tertiary/aromatic N) is 1. The van der Waals surface area contributed by atoms with Crippen molar-refractivity contribution in [1.29, 1.82) is 0 Å². The van der Waals surface area contributed by atoms with E-state index in [0.717, 1.165) is 22.3 Å². The average molecular weight is 452 g/mol. The molecule has 2 heterocycles. The number of likely N-dealkylation sites (tertiary alicyclic amines) is 1. The van der Waals surface area contributed by atoms with E-state index in [9.17, 15) is 19.5 Å². The number of carbonyl (C=O) groups excluding carboxylic acids is 2. The predicted molar refractivity (Wildman–Crippen MR) is 116 cm³/mol. The summed E-state index contributed by atoms with van der Waals surface area (Å²) in [5.74, 6) is -1.98. The molecule has 0 radical (unpaired) electrons. The second kappa shape index (κ2) is 7.86. The number of β-amino-alcohol motifs (C(OH)–C–C–N with tert-alkyl or cyclic N) is 1. The van der Waals surface area contributed by atoms with Gasteiger partial charge in [-0.05, 0) is 22.3 Å². The van der Waals surface area contributed by atoms with Gasteiger partial charge in [0.25, 0.3) is 5.91 Å². The third-order valence-electron chi connectivity index (χ3n) is 6.71. The Morgan fingerprint density at radius 3 is 2.21 bits per heavy atom. The zero-order valence-electron chi connectivity index (χ0n) is 17.8. The first-order chi connectivity index (χ1) is 15.8. The highest BCUT2D eigenvalue weighted by molar-refractivity contribution is 5.93. The van der Waals surface area contributed by atoms with E-state index in [-0.39, 0.29) is 45.2 Å². The second-order valence-corrected chi connectivity index (χ2v) is 8.83. The van der Waals surface area contributed by atoms with Crippen molar-refractivity contribution in [3.05, 3.63) is 59.7 Å². The molecule has 1 atom stereocenters. The van der Waals surface area contributed by atoms with E-state index < -0.39 is 29.1 Å². The van der Waals surface area contributed by atoms with Crippen LogP contribution in [0.5, 0.6) is 0 Å². The number of fused-ring (bicyclic) bond motifs is 3. The summed E-state index contributed by atoms with van der Waals surface area (Å²) in [6, 6.07) is 16.0. The summed E-state index contributed by atoms with van der Waals surface area (Å²) in [7, 11) is 0. The monoisotopic (exact) mass is 452 g/mol. The number of carboxylic acid groups (broad SMARTS) is 1. The summed E-state index contributed by atoms with van der Waals surface area (Å²) in [4.78, 5) is 38.2. The lowest BCUT2D eigenvalue weighted by molar-refractivity contribution is -0.184. The van der Waals surface area contributed by atoms with Crippen LogP contribution in [0.2, 0.25) is 0 Å². The van der Waals surface area contributed by atoms with Crippen molar-refractivity contribution in [2.24, 2.45) is 0 Å². The minimum Gasteiger partial charge on any atom is -0.479 e. The Morgan fingerprint density at radius 2 is 1.67 bits per heavy atom. The third-order valence-corrected chi connectivity index (χ3v) is 6.71. The lowest BCUT2D eigenvalue weighted by atomic mass is 9.89. The van der Waals surface area contributed by atoms with E-state index in [1.807, 2.05) is 48.5 Å². The number of nitrogens with one attached hydrogen (secondary N) is 1. The summed E-state index contributed by atoms with van der Waals surface area (Å²) in [5.41, 5.74) is 1.08. The minimum atomic E-state index is -1.96. The summed E-state index contributed by atoms with van der Waals surface area (Å²) < 4.78 is 10.9. The summed E-state index contributed by atoms with van der Waals surface area (Å²) in [6.07, 6.45) is -0.511. The molecule has 0 bridgehead atoms. The molecule has 2 aliphatic heterocycles. The quantitative estimate of drug-likeness (QED) is 0.625. The summed E-state index contributed by atoms with van der Waals surface area (Å²) >= 11 is 0. The highest BCUT2D eigenvalue weighted by atomic mass is 16.6. The van der Waals surface area contributed by atoms with Gasteiger partial charge in [0.2, 0.25) is 0 Å². The molecule has 1 unspecified atom stereocenters. The van der Waals surface area contributed by atoms with Crippen LogP contribution in [0, 0.1) is 0 Å². The van der Waals surface area contributed by atoms with Crippen LogP contribution in [0.25, 0.3) is 11.1 Å². The molecule has 33 heavy (non-hydrogen) atoms. The van der Waals surface area contributed by atoms with Gasteiger partial charge in [-0.25, -0.2) is 9.59 Å². The summed E-state index contributed by atoms with van der Waals surface area (Å²) in [6.45, 7) is -0.345. The number of alkyl carbamates (subject to hydrolysis) is 1. The molecule has 1 aliphatic carbocycles. The Kier molecular flexibility index (Phi) is 5.10. The van der Waals surface area contributed by atoms with E-state index in [1.54, 1.807) is 0 Å². The molecule has 5 rings (SSSR count). The van der Waals surface area contributed by atoms with E-state index in [4.69, 9.17) is 14.6 Å². The van der Waals surface area contributed by atoms with Crippen LogP contribution >= 0.6 is 0 Å². The van der Waals surface area contributed by atoms with Crippen LogP contribution in [-0.4, -0.2) is 77.1 Å². The molecule has 0 aromatic heterocycles. The van der Waals surface area contributed by atoms with Crippen LogP contribution in [0.3, 0.4) is 0 Å². The van der Waals surface area contributed by atoms with Crippen molar-refractivity contribution in [2.45, 2.75) is 23.5 Å². The van der Waals surface area contributed by atoms with Crippen LogP contribution < -0.4 is 5.32 Å². The van der Waals surface area contributed by atoms with E-state index >= 15 is 0 Å². The fourth-order valence-electron chi connectivity index (χ4n) is 4.88. The SMILES string of the molecule is O=C(NC1(C(=O)N2CC(O)(C(=O)O)C2)CCOC1)OCC1c2ccccc2-c2ccccc21. The second-order valence-electron chi connectivity index (χ2n) is 8.83. The zero-order chi connectivity index (χ0) is 23.2. The fraction of sp³-hybridized carbons (Fsp3) is 0.375. The smallest absolute Gasteiger partial charge is 0.408 e. The predicted octanol–water partition coefficient (Wildman–Crippen LogP) is 1.34. The van der Waals surface area contributed by atoms with Crippen molar-refractivity contribution in [2.75, 3.05) is 32.9 Å². The number of amides is 2. The topological polar surface area (TPSA) is 125 Å². The van der Waals surface area contributed by atoms with Crippen molar-refractivity contribution >= 4 is 18.0 Å². The lowest BCUT2D eigenvalue weighted by Gasteiger charge is -2.46. The highest BCUT2D eigenvalue weighted by Crippen LogP contribution is 2.44. The van der Waals surface area contributed by atoms with Crippen LogP contribution in [0.1, 0.15) is 23.5 Å². The Bertz CT molecular complexity index is 1070. The molecule has 3 aliphatic rings. The van der Waals surface area contributed by atoms with Gasteiger partial charge in [-0.3, -0.25) is 4.79 Å². The Balaban J connectivity index is 1.27. The minimum absolute atomic E-state index is 0.0436. The molecular weight excluding hydrogens is 428 g/mol. The Labute approximate surface area is 189 Å². The Morgan fingerprint density at radius 1 is 1.06 bits per heavy atom. The first kappa shape index (κ1) is 21.4. The molecule has 9 nitrogen and oxygen atoms in total. The standard InChI is InChI=1S/C24H24N2O7/c27-20(26-12-24(31,13-26)21(28)29)23(9-10-32-14-23)25-22(30)33-11-19-17-7-3-1-5-15(17)16-6-2-4-8-18(16)19/h1-8,19,31H,9-14H2,(H,25,30)(H,28,29). The maximum absolute atomic E-state index is 13.1. The van der Waals surface area contributed by atoms with Gasteiger partial charge < -0.3 is 29.9 Å². The van der Waals surface area contributed by atoms with E-state index in [1.165, 1.54) is 4.90 Å². The number of ether oxygens (including phenoxy) is 2.